The van der Waals surface area contributed by atoms with Gasteiger partial charge in [0.25, 0.3) is 0 Å². The molecular weight excluding hydrogens is 262 g/mol. The molecule has 0 bridgehead atoms. The van der Waals surface area contributed by atoms with Crippen molar-refractivity contribution >= 4 is 0 Å². The Morgan fingerprint density at radius 1 is 1.24 bits per heavy atom. The molecule has 0 amide bonds. The van der Waals surface area contributed by atoms with E-state index in [4.69, 9.17) is 4.74 Å². The Kier molecular flexibility index (Phi) is 5.96. The predicted octanol–water partition coefficient (Wildman–Crippen LogP) is 2.87. The van der Waals surface area contributed by atoms with Gasteiger partial charge in [0.1, 0.15) is 0 Å². The van der Waals surface area contributed by atoms with Gasteiger partial charge in [-0.3, -0.25) is 0 Å². The highest BCUT2D eigenvalue weighted by Gasteiger charge is 2.11. The minimum absolute atomic E-state index is 0.731. The Labute approximate surface area is 127 Å². The number of hydrogen-bond donors (Lipinski definition) is 1. The summed E-state index contributed by atoms with van der Waals surface area (Å²) in [5, 5.41) is 7.98. The molecule has 1 heterocycles. The Bertz CT molecular complexity index is 546. The van der Waals surface area contributed by atoms with E-state index in [-0.39, 0.29) is 0 Å². The van der Waals surface area contributed by atoms with Crippen LogP contribution in [0.2, 0.25) is 0 Å². The zero-order valence-electron chi connectivity index (χ0n) is 13.2. The summed E-state index contributed by atoms with van der Waals surface area (Å²) >= 11 is 0. The third-order valence-corrected chi connectivity index (χ3v) is 3.52. The number of aryl methyl sites for hydroxylation is 1. The van der Waals surface area contributed by atoms with Crippen LogP contribution in [0, 0.1) is 6.92 Å². The van der Waals surface area contributed by atoms with E-state index in [0.717, 1.165) is 38.2 Å². The number of ether oxygens (including phenoxy) is 1. The summed E-state index contributed by atoms with van der Waals surface area (Å²) in [6.45, 7) is 6.73. The van der Waals surface area contributed by atoms with Crippen LogP contribution in [-0.2, 0) is 17.7 Å². The van der Waals surface area contributed by atoms with E-state index >= 15 is 0 Å². The average Bonchev–Trinajstić information content (AvgIpc) is 2.88. The maximum absolute atomic E-state index is 5.06. The number of methoxy groups -OCH3 is 1. The summed E-state index contributed by atoms with van der Waals surface area (Å²) < 4.78 is 7.13. The molecule has 114 valence electrons. The molecule has 1 aromatic carbocycles. The normalized spacial score (nSPS) is 11.0. The van der Waals surface area contributed by atoms with E-state index in [1.54, 1.807) is 7.11 Å². The van der Waals surface area contributed by atoms with Crippen molar-refractivity contribution in [2.45, 2.75) is 33.2 Å². The van der Waals surface area contributed by atoms with Crippen molar-refractivity contribution in [3.63, 3.8) is 0 Å². The van der Waals surface area contributed by atoms with Gasteiger partial charge < -0.3 is 10.1 Å². The molecule has 1 aromatic heterocycles. The lowest BCUT2D eigenvalue weighted by Gasteiger charge is -2.10. The molecule has 0 atom stereocenters. The fourth-order valence-corrected chi connectivity index (χ4v) is 2.36. The van der Waals surface area contributed by atoms with Gasteiger partial charge in [-0.05, 0) is 25.5 Å². The number of rotatable bonds is 8. The van der Waals surface area contributed by atoms with Crippen molar-refractivity contribution in [3.05, 3.63) is 47.3 Å². The number of benzene rings is 1. The van der Waals surface area contributed by atoms with Crippen molar-refractivity contribution in [1.29, 1.82) is 0 Å². The van der Waals surface area contributed by atoms with E-state index in [9.17, 15) is 0 Å². The van der Waals surface area contributed by atoms with E-state index < -0.39 is 0 Å². The van der Waals surface area contributed by atoms with Crippen molar-refractivity contribution in [3.8, 4) is 5.69 Å². The molecular formula is C17H25N3O. The van der Waals surface area contributed by atoms with Gasteiger partial charge in [0.05, 0.1) is 18.5 Å². The topological polar surface area (TPSA) is 39.1 Å². The third kappa shape index (κ3) is 4.16. The highest BCUT2D eigenvalue weighted by atomic mass is 16.5. The second-order valence-corrected chi connectivity index (χ2v) is 5.28. The Balaban J connectivity index is 2.17. The van der Waals surface area contributed by atoms with Crippen LogP contribution in [0.15, 0.2) is 30.5 Å². The Hall–Kier alpha value is -1.65. The zero-order valence-corrected chi connectivity index (χ0v) is 13.2. The molecule has 0 saturated heterocycles. The molecule has 0 radical (unpaired) electrons. The second-order valence-electron chi connectivity index (χ2n) is 5.28. The third-order valence-electron chi connectivity index (χ3n) is 3.52. The molecule has 0 aliphatic carbocycles. The first-order valence-corrected chi connectivity index (χ1v) is 7.58. The van der Waals surface area contributed by atoms with Crippen LogP contribution in [0.4, 0.5) is 0 Å². The molecule has 2 rings (SSSR count). The summed E-state index contributed by atoms with van der Waals surface area (Å²) in [4.78, 5) is 0. The number of hydrogen-bond acceptors (Lipinski definition) is 3. The van der Waals surface area contributed by atoms with Gasteiger partial charge in [-0.25, -0.2) is 4.68 Å². The summed E-state index contributed by atoms with van der Waals surface area (Å²) in [6.07, 6.45) is 4.13. The van der Waals surface area contributed by atoms with Crippen molar-refractivity contribution in [2.75, 3.05) is 20.3 Å². The monoisotopic (exact) mass is 287 g/mol. The largest absolute Gasteiger partial charge is 0.383 e. The van der Waals surface area contributed by atoms with Crippen LogP contribution in [0.25, 0.3) is 5.69 Å². The van der Waals surface area contributed by atoms with Crippen molar-refractivity contribution in [2.24, 2.45) is 0 Å². The van der Waals surface area contributed by atoms with Crippen LogP contribution in [0.1, 0.15) is 30.2 Å². The van der Waals surface area contributed by atoms with Crippen LogP contribution in [-0.4, -0.2) is 30.0 Å². The predicted molar refractivity (Wildman–Crippen MR) is 85.9 cm³/mol. The highest BCUT2D eigenvalue weighted by Crippen LogP contribution is 2.17. The molecule has 0 unspecified atom stereocenters. The minimum atomic E-state index is 0.731. The molecule has 0 saturated carbocycles. The zero-order chi connectivity index (χ0) is 15.1. The van der Waals surface area contributed by atoms with E-state index in [1.807, 2.05) is 6.20 Å². The number of aromatic nitrogens is 2. The van der Waals surface area contributed by atoms with Crippen molar-refractivity contribution in [1.82, 2.24) is 15.1 Å². The summed E-state index contributed by atoms with van der Waals surface area (Å²) in [6, 6.07) is 8.51. The first kappa shape index (κ1) is 15.7. The van der Waals surface area contributed by atoms with Gasteiger partial charge in [-0.1, -0.05) is 31.0 Å². The van der Waals surface area contributed by atoms with Gasteiger partial charge in [-0.15, -0.1) is 0 Å². The second kappa shape index (κ2) is 7.96. The lowest BCUT2D eigenvalue weighted by atomic mass is 10.1. The summed E-state index contributed by atoms with van der Waals surface area (Å²) in [7, 11) is 1.72. The average molecular weight is 287 g/mol. The minimum Gasteiger partial charge on any atom is -0.383 e. The SMILES string of the molecule is CCCc1c(CNCCOC)cnn1-c1ccc(C)cc1. The van der Waals surface area contributed by atoms with Gasteiger partial charge in [0, 0.05) is 31.5 Å². The lowest BCUT2D eigenvalue weighted by Crippen LogP contribution is -2.19. The van der Waals surface area contributed by atoms with Gasteiger partial charge in [0.2, 0.25) is 0 Å². The summed E-state index contributed by atoms with van der Waals surface area (Å²) in [5.41, 5.74) is 4.97. The Morgan fingerprint density at radius 2 is 2.00 bits per heavy atom. The number of nitrogens with zero attached hydrogens (tertiary/aromatic N) is 2. The number of nitrogens with one attached hydrogen (secondary N) is 1. The molecule has 21 heavy (non-hydrogen) atoms. The molecule has 0 spiro atoms. The maximum Gasteiger partial charge on any atom is 0.0649 e. The molecule has 4 heteroatoms. The first-order chi connectivity index (χ1) is 10.3. The molecule has 1 N–H and O–H groups in total. The fourth-order valence-electron chi connectivity index (χ4n) is 2.36. The van der Waals surface area contributed by atoms with Gasteiger partial charge in [-0.2, -0.15) is 5.10 Å². The molecule has 4 nitrogen and oxygen atoms in total. The van der Waals surface area contributed by atoms with Crippen molar-refractivity contribution < 1.29 is 4.74 Å². The van der Waals surface area contributed by atoms with E-state index in [2.05, 4.69) is 53.2 Å². The van der Waals surface area contributed by atoms with E-state index in [0.29, 0.717) is 0 Å². The summed E-state index contributed by atoms with van der Waals surface area (Å²) in [5.74, 6) is 0. The molecule has 0 fully saturated rings. The fraction of sp³-hybridized carbons (Fsp3) is 0.471. The standard InChI is InChI=1S/C17H25N3O/c1-4-5-17-15(12-18-10-11-21-3)13-19-20(17)16-8-6-14(2)7-9-16/h6-9,13,18H,4-5,10-12H2,1-3H3. The molecule has 0 aliphatic heterocycles. The van der Waals surface area contributed by atoms with Crippen LogP contribution >= 0.6 is 0 Å². The highest BCUT2D eigenvalue weighted by molar-refractivity contribution is 5.37. The van der Waals surface area contributed by atoms with E-state index in [1.165, 1.54) is 16.8 Å². The quantitative estimate of drug-likeness (QED) is 0.759. The lowest BCUT2D eigenvalue weighted by molar-refractivity contribution is 0.199. The molecule has 2 aromatic rings. The van der Waals surface area contributed by atoms with Crippen LogP contribution < -0.4 is 5.32 Å². The maximum atomic E-state index is 5.06. The molecule has 0 aliphatic rings. The van der Waals surface area contributed by atoms with Gasteiger partial charge in [0.15, 0.2) is 0 Å². The van der Waals surface area contributed by atoms with Crippen LogP contribution in [0.3, 0.4) is 0 Å². The van der Waals surface area contributed by atoms with Gasteiger partial charge >= 0.3 is 0 Å². The first-order valence-electron chi connectivity index (χ1n) is 7.58. The Morgan fingerprint density at radius 3 is 2.67 bits per heavy atom. The smallest absolute Gasteiger partial charge is 0.0649 e. The van der Waals surface area contributed by atoms with Crippen LogP contribution in [0.5, 0.6) is 0 Å².